The number of fused-ring (bicyclic) bond motifs is 1. The Bertz CT molecular complexity index is 863. The second-order valence-electron chi connectivity index (χ2n) is 7.81. The maximum Gasteiger partial charge on any atom is 0.247 e. The van der Waals surface area contributed by atoms with Crippen molar-refractivity contribution in [2.24, 2.45) is 5.41 Å². The number of para-hydroxylation sites is 1. The lowest BCUT2D eigenvalue weighted by molar-refractivity contribution is -0.134. The highest BCUT2D eigenvalue weighted by atomic mass is 32.2. The molecule has 8 nitrogen and oxygen atoms in total. The molecule has 1 spiro atoms. The SMILES string of the molecule is CCCC(=O)N1CCC2(CC1)COc1ccccc1S(=O)(=O)N(CC(=O)NC)C2. The largest absolute Gasteiger partial charge is 0.492 e. The van der Waals surface area contributed by atoms with Crippen LogP contribution in [-0.4, -0.2) is 69.3 Å². The average molecular weight is 424 g/mol. The van der Waals surface area contributed by atoms with Gasteiger partial charge in [-0.2, -0.15) is 4.31 Å². The minimum Gasteiger partial charge on any atom is -0.492 e. The molecule has 2 aliphatic rings. The third kappa shape index (κ3) is 4.56. The molecule has 0 saturated carbocycles. The van der Waals surface area contributed by atoms with Crippen LogP contribution in [-0.2, 0) is 19.6 Å². The quantitative estimate of drug-likeness (QED) is 0.786. The Morgan fingerprint density at radius 3 is 2.55 bits per heavy atom. The van der Waals surface area contributed by atoms with Crippen molar-refractivity contribution in [1.29, 1.82) is 0 Å². The van der Waals surface area contributed by atoms with Gasteiger partial charge in [0.25, 0.3) is 0 Å². The lowest BCUT2D eigenvalue weighted by atomic mass is 9.78. The molecule has 29 heavy (non-hydrogen) atoms. The molecule has 2 heterocycles. The van der Waals surface area contributed by atoms with Crippen molar-refractivity contribution in [2.45, 2.75) is 37.5 Å². The third-order valence-corrected chi connectivity index (χ3v) is 7.58. The summed E-state index contributed by atoms with van der Waals surface area (Å²) in [6.07, 6.45) is 2.58. The highest BCUT2D eigenvalue weighted by Gasteiger charge is 2.43. The first-order chi connectivity index (χ1) is 13.8. The van der Waals surface area contributed by atoms with Crippen molar-refractivity contribution in [3.63, 3.8) is 0 Å². The Morgan fingerprint density at radius 1 is 1.21 bits per heavy atom. The van der Waals surface area contributed by atoms with E-state index in [0.29, 0.717) is 44.7 Å². The van der Waals surface area contributed by atoms with Gasteiger partial charge in [-0.3, -0.25) is 9.59 Å². The number of nitrogens with one attached hydrogen (secondary N) is 1. The van der Waals surface area contributed by atoms with Gasteiger partial charge >= 0.3 is 0 Å². The summed E-state index contributed by atoms with van der Waals surface area (Å²) in [6, 6.07) is 6.53. The molecule has 9 heteroatoms. The molecule has 0 atom stereocenters. The van der Waals surface area contributed by atoms with Gasteiger partial charge in [0.2, 0.25) is 21.8 Å². The maximum absolute atomic E-state index is 13.3. The molecule has 1 aromatic rings. The van der Waals surface area contributed by atoms with Crippen molar-refractivity contribution in [2.75, 3.05) is 39.8 Å². The minimum atomic E-state index is -3.89. The normalized spacial score (nSPS) is 20.8. The Kier molecular flexibility index (Phi) is 6.48. The summed E-state index contributed by atoms with van der Waals surface area (Å²) in [7, 11) is -2.40. The van der Waals surface area contributed by atoms with Gasteiger partial charge in [0.05, 0.1) is 13.2 Å². The van der Waals surface area contributed by atoms with E-state index in [2.05, 4.69) is 5.32 Å². The molecule has 1 saturated heterocycles. The molecule has 3 rings (SSSR count). The van der Waals surface area contributed by atoms with Crippen LogP contribution in [0.5, 0.6) is 5.75 Å². The molecule has 160 valence electrons. The van der Waals surface area contributed by atoms with Crippen molar-refractivity contribution >= 4 is 21.8 Å². The van der Waals surface area contributed by atoms with E-state index in [-0.39, 0.29) is 29.8 Å². The number of amides is 2. The smallest absolute Gasteiger partial charge is 0.247 e. The molecule has 0 aliphatic carbocycles. The Morgan fingerprint density at radius 2 is 1.90 bits per heavy atom. The number of likely N-dealkylation sites (tertiary alicyclic amines) is 1. The third-order valence-electron chi connectivity index (χ3n) is 5.75. The second-order valence-corrected chi connectivity index (χ2v) is 9.72. The number of sulfonamides is 1. The number of hydrogen-bond acceptors (Lipinski definition) is 5. The zero-order valence-corrected chi connectivity index (χ0v) is 17.8. The van der Waals surface area contributed by atoms with Crippen LogP contribution in [0.15, 0.2) is 29.2 Å². The highest BCUT2D eigenvalue weighted by Crippen LogP contribution is 2.39. The summed E-state index contributed by atoms with van der Waals surface area (Å²) in [5, 5.41) is 2.51. The average Bonchev–Trinajstić information content (AvgIpc) is 2.72. The van der Waals surface area contributed by atoms with Gasteiger partial charge in [0.1, 0.15) is 10.6 Å². The highest BCUT2D eigenvalue weighted by molar-refractivity contribution is 7.89. The van der Waals surface area contributed by atoms with Crippen molar-refractivity contribution in [3.8, 4) is 5.75 Å². The minimum absolute atomic E-state index is 0.0781. The van der Waals surface area contributed by atoms with Crippen LogP contribution in [0.2, 0.25) is 0 Å². The summed E-state index contributed by atoms with van der Waals surface area (Å²) < 4.78 is 33.9. The molecule has 2 aliphatic heterocycles. The van der Waals surface area contributed by atoms with E-state index in [0.717, 1.165) is 6.42 Å². The molecule has 1 N–H and O–H groups in total. The van der Waals surface area contributed by atoms with E-state index in [4.69, 9.17) is 4.74 Å². The van der Waals surface area contributed by atoms with Gasteiger partial charge in [-0.1, -0.05) is 19.1 Å². The van der Waals surface area contributed by atoms with Crippen LogP contribution >= 0.6 is 0 Å². The molecular weight excluding hydrogens is 394 g/mol. The number of hydrogen-bond donors (Lipinski definition) is 1. The topological polar surface area (TPSA) is 96.0 Å². The number of likely N-dealkylation sites (N-methyl/N-ethyl adjacent to an activating group) is 1. The number of benzene rings is 1. The Balaban J connectivity index is 1.90. The zero-order valence-electron chi connectivity index (χ0n) is 17.0. The van der Waals surface area contributed by atoms with E-state index in [1.807, 2.05) is 11.8 Å². The van der Waals surface area contributed by atoms with E-state index in [1.165, 1.54) is 17.4 Å². The fourth-order valence-corrected chi connectivity index (χ4v) is 5.58. The number of rotatable bonds is 4. The molecule has 1 fully saturated rings. The Labute approximate surface area is 172 Å². The first-order valence-electron chi connectivity index (χ1n) is 10.0. The van der Waals surface area contributed by atoms with Crippen molar-refractivity contribution in [1.82, 2.24) is 14.5 Å². The van der Waals surface area contributed by atoms with E-state index < -0.39 is 15.4 Å². The predicted molar refractivity (Wildman–Crippen MR) is 108 cm³/mol. The van der Waals surface area contributed by atoms with E-state index >= 15 is 0 Å². The van der Waals surface area contributed by atoms with Crippen LogP contribution in [0.1, 0.15) is 32.6 Å². The number of carbonyl (C=O) groups excluding carboxylic acids is 2. The van der Waals surface area contributed by atoms with Gasteiger partial charge < -0.3 is 15.0 Å². The molecule has 2 amide bonds. The van der Waals surface area contributed by atoms with Crippen molar-refractivity contribution < 1.29 is 22.7 Å². The molecule has 0 aromatic heterocycles. The van der Waals surface area contributed by atoms with Crippen LogP contribution in [0.3, 0.4) is 0 Å². The first-order valence-corrected chi connectivity index (χ1v) is 11.5. The molecular formula is C20H29N3O5S. The molecule has 0 radical (unpaired) electrons. The van der Waals surface area contributed by atoms with Crippen LogP contribution in [0.25, 0.3) is 0 Å². The summed E-state index contributed by atoms with van der Waals surface area (Å²) in [5.41, 5.74) is -0.447. The van der Waals surface area contributed by atoms with Crippen LogP contribution < -0.4 is 10.1 Å². The van der Waals surface area contributed by atoms with Crippen LogP contribution in [0, 0.1) is 5.41 Å². The summed E-state index contributed by atoms with van der Waals surface area (Å²) in [6.45, 7) is 3.40. The van der Waals surface area contributed by atoms with E-state index in [9.17, 15) is 18.0 Å². The fraction of sp³-hybridized carbons (Fsp3) is 0.600. The maximum atomic E-state index is 13.3. The first kappa shape index (κ1) is 21.6. The Hall–Kier alpha value is -2.13. The number of ether oxygens (including phenoxy) is 1. The predicted octanol–water partition coefficient (Wildman–Crippen LogP) is 1.22. The van der Waals surface area contributed by atoms with Gasteiger partial charge in [0, 0.05) is 38.5 Å². The lowest BCUT2D eigenvalue weighted by Gasteiger charge is -2.44. The standard InChI is InChI=1S/C20H29N3O5S/c1-3-6-19(25)22-11-9-20(10-12-22)14-23(13-18(24)21-2)29(26,27)17-8-5-4-7-16(17)28-15-20/h4-5,7-8H,3,6,9-15H2,1-2H3,(H,21,24). The zero-order chi connectivity index (χ0) is 21.1. The molecule has 0 unspecified atom stereocenters. The van der Waals surface area contributed by atoms with E-state index in [1.54, 1.807) is 18.2 Å². The molecule has 0 bridgehead atoms. The summed E-state index contributed by atoms with van der Waals surface area (Å²) in [4.78, 5) is 26.2. The monoisotopic (exact) mass is 423 g/mol. The molecule has 1 aromatic carbocycles. The lowest BCUT2D eigenvalue weighted by Crippen LogP contribution is -2.53. The summed E-state index contributed by atoms with van der Waals surface area (Å²) in [5.74, 6) is 0.0746. The fourth-order valence-electron chi connectivity index (χ4n) is 3.94. The second kappa shape index (κ2) is 8.71. The number of nitrogens with zero attached hydrogens (tertiary/aromatic N) is 2. The number of piperidine rings is 1. The van der Waals surface area contributed by atoms with Gasteiger partial charge in [0.15, 0.2) is 0 Å². The van der Waals surface area contributed by atoms with Gasteiger partial charge in [-0.25, -0.2) is 8.42 Å². The number of carbonyl (C=O) groups is 2. The van der Waals surface area contributed by atoms with Gasteiger partial charge in [-0.05, 0) is 31.4 Å². The van der Waals surface area contributed by atoms with Crippen LogP contribution in [0.4, 0.5) is 0 Å². The summed E-state index contributed by atoms with van der Waals surface area (Å²) >= 11 is 0. The van der Waals surface area contributed by atoms with Gasteiger partial charge in [-0.15, -0.1) is 0 Å². The van der Waals surface area contributed by atoms with Crippen molar-refractivity contribution in [3.05, 3.63) is 24.3 Å².